The molecule has 0 radical (unpaired) electrons. The highest BCUT2D eigenvalue weighted by Gasteiger charge is 2.36. The van der Waals surface area contributed by atoms with Crippen molar-refractivity contribution in [3.05, 3.63) is 53.7 Å². The summed E-state index contributed by atoms with van der Waals surface area (Å²) in [5.74, 6) is 0.000241. The van der Waals surface area contributed by atoms with Gasteiger partial charge in [0.1, 0.15) is 11.3 Å². The van der Waals surface area contributed by atoms with Gasteiger partial charge in [0, 0.05) is 30.7 Å². The average Bonchev–Trinajstić information content (AvgIpc) is 3.17. The summed E-state index contributed by atoms with van der Waals surface area (Å²) in [4.78, 5) is 17.2. The zero-order valence-electron chi connectivity index (χ0n) is 14.3. The maximum atomic E-state index is 12.8. The fourth-order valence-corrected chi connectivity index (χ4v) is 3.45. The number of imidazole rings is 1. The molecule has 130 valence electrons. The Hall–Kier alpha value is -2.67. The number of amides is 1. The Morgan fingerprint density at radius 1 is 1.36 bits per heavy atom. The van der Waals surface area contributed by atoms with Crippen LogP contribution < -0.4 is 5.32 Å². The number of aliphatic hydroxyl groups excluding tert-OH is 1. The molecule has 1 atom stereocenters. The standard InChI is InChI=1S/C18H21N5O2/c1-11-4-3-5-16-20-15(10-23(11)16)18(25)21-17(12-6-14(24)7-12)13-8-19-22(2)9-13/h3-5,8-10,12,14,17,24H,6-7H2,1-2H3,(H,21,25). The molecular formula is C18H21N5O2. The van der Waals surface area contributed by atoms with Gasteiger partial charge < -0.3 is 14.8 Å². The topological polar surface area (TPSA) is 84.5 Å². The summed E-state index contributed by atoms with van der Waals surface area (Å²) in [7, 11) is 1.85. The molecule has 0 saturated heterocycles. The Bertz CT molecular complexity index is 923. The number of pyridine rings is 1. The van der Waals surface area contributed by atoms with E-state index >= 15 is 0 Å². The van der Waals surface area contributed by atoms with Gasteiger partial charge in [0.2, 0.25) is 0 Å². The summed E-state index contributed by atoms with van der Waals surface area (Å²) in [5, 5.41) is 16.9. The Morgan fingerprint density at radius 3 is 2.80 bits per heavy atom. The minimum atomic E-state index is -0.279. The van der Waals surface area contributed by atoms with Gasteiger partial charge in [-0.2, -0.15) is 5.10 Å². The molecular weight excluding hydrogens is 318 g/mol. The maximum Gasteiger partial charge on any atom is 0.272 e. The lowest BCUT2D eigenvalue weighted by molar-refractivity contribution is 0.0234. The Labute approximate surface area is 145 Å². The number of carbonyl (C=O) groups is 1. The number of aryl methyl sites for hydroxylation is 2. The summed E-state index contributed by atoms with van der Waals surface area (Å²) in [6.45, 7) is 1.98. The number of hydrogen-bond acceptors (Lipinski definition) is 4. The molecule has 3 aromatic rings. The molecule has 0 aromatic carbocycles. The van der Waals surface area contributed by atoms with Crippen LogP contribution in [0.1, 0.15) is 40.6 Å². The average molecular weight is 339 g/mol. The van der Waals surface area contributed by atoms with Crippen LogP contribution in [0.5, 0.6) is 0 Å². The van der Waals surface area contributed by atoms with E-state index in [2.05, 4.69) is 15.4 Å². The Balaban J connectivity index is 1.60. The van der Waals surface area contributed by atoms with Crippen LogP contribution in [0.25, 0.3) is 5.65 Å². The third-order valence-corrected chi connectivity index (χ3v) is 4.92. The highest BCUT2D eigenvalue weighted by atomic mass is 16.3. The van der Waals surface area contributed by atoms with Crippen molar-refractivity contribution in [3.63, 3.8) is 0 Å². The van der Waals surface area contributed by atoms with Crippen molar-refractivity contribution in [2.45, 2.75) is 31.9 Å². The molecule has 2 N–H and O–H groups in total. The molecule has 7 nitrogen and oxygen atoms in total. The Morgan fingerprint density at radius 2 is 2.16 bits per heavy atom. The van der Waals surface area contributed by atoms with Crippen LogP contribution in [0.3, 0.4) is 0 Å². The molecule has 25 heavy (non-hydrogen) atoms. The molecule has 1 aliphatic rings. The van der Waals surface area contributed by atoms with E-state index in [1.165, 1.54) is 0 Å². The molecule has 3 aromatic heterocycles. The van der Waals surface area contributed by atoms with Crippen LogP contribution in [0.15, 0.2) is 36.8 Å². The van der Waals surface area contributed by atoms with E-state index < -0.39 is 0 Å². The molecule has 0 aliphatic heterocycles. The highest BCUT2D eigenvalue weighted by Crippen LogP contribution is 2.38. The van der Waals surface area contributed by atoms with Crippen molar-refractivity contribution in [3.8, 4) is 0 Å². The number of nitrogens with one attached hydrogen (secondary N) is 1. The second-order valence-electron chi connectivity index (χ2n) is 6.81. The third kappa shape index (κ3) is 2.91. The van der Waals surface area contributed by atoms with Crippen LogP contribution >= 0.6 is 0 Å². The summed E-state index contributed by atoms with van der Waals surface area (Å²) in [5.41, 5.74) is 3.12. The number of nitrogens with zero attached hydrogens (tertiary/aromatic N) is 4. The first-order valence-corrected chi connectivity index (χ1v) is 8.43. The lowest BCUT2D eigenvalue weighted by atomic mass is 9.75. The molecule has 0 bridgehead atoms. The lowest BCUT2D eigenvalue weighted by Crippen LogP contribution is -2.41. The van der Waals surface area contributed by atoms with E-state index in [1.54, 1.807) is 17.1 Å². The summed E-state index contributed by atoms with van der Waals surface area (Å²) in [6.07, 6.45) is 6.52. The van der Waals surface area contributed by atoms with Gasteiger partial charge in [0.05, 0.1) is 18.3 Å². The van der Waals surface area contributed by atoms with Crippen molar-refractivity contribution >= 4 is 11.6 Å². The second-order valence-corrected chi connectivity index (χ2v) is 6.81. The molecule has 1 unspecified atom stereocenters. The van der Waals surface area contributed by atoms with Gasteiger partial charge in [0.25, 0.3) is 5.91 Å². The van der Waals surface area contributed by atoms with Gasteiger partial charge in [-0.3, -0.25) is 9.48 Å². The second kappa shape index (κ2) is 6.00. The van der Waals surface area contributed by atoms with E-state index in [0.717, 1.165) is 16.9 Å². The summed E-state index contributed by atoms with van der Waals surface area (Å²) >= 11 is 0. The van der Waals surface area contributed by atoms with Crippen LogP contribution in [-0.4, -0.2) is 36.3 Å². The highest BCUT2D eigenvalue weighted by molar-refractivity contribution is 5.93. The third-order valence-electron chi connectivity index (χ3n) is 4.92. The molecule has 1 amide bonds. The molecule has 0 spiro atoms. The number of fused-ring (bicyclic) bond motifs is 1. The lowest BCUT2D eigenvalue weighted by Gasteiger charge is -2.37. The number of hydrogen-bond donors (Lipinski definition) is 2. The van der Waals surface area contributed by atoms with Gasteiger partial charge in [-0.05, 0) is 37.8 Å². The van der Waals surface area contributed by atoms with Crippen molar-refractivity contribution in [2.75, 3.05) is 0 Å². The number of aliphatic hydroxyl groups is 1. The predicted octanol–water partition coefficient (Wildman–Crippen LogP) is 1.62. The largest absolute Gasteiger partial charge is 0.393 e. The van der Waals surface area contributed by atoms with Gasteiger partial charge in [-0.1, -0.05) is 6.07 Å². The van der Waals surface area contributed by atoms with Crippen molar-refractivity contribution in [2.24, 2.45) is 13.0 Å². The maximum absolute atomic E-state index is 12.8. The van der Waals surface area contributed by atoms with Crippen molar-refractivity contribution < 1.29 is 9.90 Å². The minimum Gasteiger partial charge on any atom is -0.393 e. The molecule has 7 heteroatoms. The monoisotopic (exact) mass is 339 g/mol. The molecule has 1 fully saturated rings. The number of carbonyl (C=O) groups excluding carboxylic acids is 1. The van der Waals surface area contributed by atoms with Crippen molar-refractivity contribution in [1.29, 1.82) is 0 Å². The normalized spacial score (nSPS) is 21.1. The Kier molecular flexibility index (Phi) is 3.80. The van der Waals surface area contributed by atoms with E-state index in [1.807, 2.05) is 42.8 Å². The number of aromatic nitrogens is 4. The summed E-state index contributed by atoms with van der Waals surface area (Å²) in [6, 6.07) is 5.61. The summed E-state index contributed by atoms with van der Waals surface area (Å²) < 4.78 is 3.62. The van der Waals surface area contributed by atoms with Crippen LogP contribution in [0, 0.1) is 12.8 Å². The smallest absolute Gasteiger partial charge is 0.272 e. The van der Waals surface area contributed by atoms with E-state index in [-0.39, 0.29) is 24.0 Å². The fourth-order valence-electron chi connectivity index (χ4n) is 3.45. The molecule has 1 aliphatic carbocycles. The first kappa shape index (κ1) is 15.8. The van der Waals surface area contributed by atoms with Crippen LogP contribution in [0.4, 0.5) is 0 Å². The van der Waals surface area contributed by atoms with E-state index in [0.29, 0.717) is 18.5 Å². The molecule has 1 saturated carbocycles. The van der Waals surface area contributed by atoms with Gasteiger partial charge in [-0.25, -0.2) is 4.98 Å². The zero-order valence-corrected chi connectivity index (χ0v) is 14.3. The first-order valence-electron chi connectivity index (χ1n) is 8.43. The fraction of sp³-hybridized carbons (Fsp3) is 0.389. The molecule has 3 heterocycles. The SMILES string of the molecule is Cc1cccc2nc(C(=O)NC(c3cnn(C)c3)C3CC(O)C3)cn12. The van der Waals surface area contributed by atoms with Gasteiger partial charge in [0.15, 0.2) is 0 Å². The number of rotatable bonds is 4. The van der Waals surface area contributed by atoms with Crippen molar-refractivity contribution in [1.82, 2.24) is 24.5 Å². The van der Waals surface area contributed by atoms with Crippen LogP contribution in [-0.2, 0) is 7.05 Å². The van der Waals surface area contributed by atoms with E-state index in [4.69, 9.17) is 0 Å². The minimum absolute atomic E-state index is 0.171. The zero-order chi connectivity index (χ0) is 17.6. The van der Waals surface area contributed by atoms with E-state index in [9.17, 15) is 9.90 Å². The van der Waals surface area contributed by atoms with Crippen LogP contribution in [0.2, 0.25) is 0 Å². The quantitative estimate of drug-likeness (QED) is 0.756. The first-order chi connectivity index (χ1) is 12.0. The van der Waals surface area contributed by atoms with Gasteiger partial charge in [-0.15, -0.1) is 0 Å². The van der Waals surface area contributed by atoms with Gasteiger partial charge >= 0.3 is 0 Å². The predicted molar refractivity (Wildman–Crippen MR) is 92.1 cm³/mol. The molecule has 4 rings (SSSR count).